The molecule has 0 fully saturated rings. The predicted molar refractivity (Wildman–Crippen MR) is 91.4 cm³/mol. The zero-order chi connectivity index (χ0) is 20.7. The standard InChI is InChI=1S/C12H14N8O7S/c1-26-9(21)3-5-17-11(23)19(15-13-17)7-28(25)8-20-12(24)18(14-16-20)6-4-10(22)27-2/h3-6H,7-8H2,1-2H3/b5-3+,6-4+. The van der Waals surface area contributed by atoms with Crippen molar-refractivity contribution in [3.63, 3.8) is 0 Å². The second-order valence-corrected chi connectivity index (χ2v) is 6.18. The van der Waals surface area contributed by atoms with E-state index in [0.29, 0.717) is 0 Å². The zero-order valence-electron chi connectivity index (χ0n) is 14.6. The third kappa shape index (κ3) is 5.16. The Morgan fingerprint density at radius 2 is 1.25 bits per heavy atom. The largest absolute Gasteiger partial charge is 0.466 e. The number of rotatable bonds is 8. The summed E-state index contributed by atoms with van der Waals surface area (Å²) in [7, 11) is 0.549. The summed E-state index contributed by atoms with van der Waals surface area (Å²) >= 11 is 0. The van der Waals surface area contributed by atoms with E-state index in [4.69, 9.17) is 0 Å². The van der Waals surface area contributed by atoms with E-state index < -0.39 is 34.1 Å². The van der Waals surface area contributed by atoms with Crippen LogP contribution >= 0.6 is 0 Å². The van der Waals surface area contributed by atoms with Gasteiger partial charge in [-0.2, -0.15) is 18.7 Å². The molecule has 0 aliphatic carbocycles. The van der Waals surface area contributed by atoms with Crippen LogP contribution in [0.2, 0.25) is 0 Å². The molecular formula is C12H14N8O7S. The van der Waals surface area contributed by atoms with E-state index in [0.717, 1.165) is 43.3 Å². The second kappa shape index (κ2) is 9.31. The molecular weight excluding hydrogens is 400 g/mol. The third-order valence-corrected chi connectivity index (χ3v) is 4.03. The molecule has 2 rings (SSSR count). The van der Waals surface area contributed by atoms with Crippen molar-refractivity contribution in [2.75, 3.05) is 14.2 Å². The van der Waals surface area contributed by atoms with E-state index in [9.17, 15) is 23.4 Å². The number of carbonyl (C=O) groups is 2. The summed E-state index contributed by atoms with van der Waals surface area (Å²) in [6.45, 7) is 0. The fraction of sp³-hybridized carbons (Fsp3) is 0.333. The molecule has 0 aliphatic heterocycles. The van der Waals surface area contributed by atoms with Gasteiger partial charge in [0, 0.05) is 24.6 Å². The van der Waals surface area contributed by atoms with Gasteiger partial charge in [0.2, 0.25) is 0 Å². The average Bonchev–Trinajstić information content (AvgIpc) is 3.20. The highest BCUT2D eigenvalue weighted by atomic mass is 32.2. The van der Waals surface area contributed by atoms with E-state index >= 15 is 0 Å². The summed E-state index contributed by atoms with van der Waals surface area (Å²) < 4.78 is 24.0. The highest BCUT2D eigenvalue weighted by molar-refractivity contribution is 7.82. The first-order chi connectivity index (χ1) is 13.3. The van der Waals surface area contributed by atoms with E-state index in [1.165, 1.54) is 14.2 Å². The molecule has 15 nitrogen and oxygen atoms in total. The SMILES string of the molecule is COC(=O)/C=C/n1nnn(CS(=O)Cn2nnn(/C=C/C(=O)OC)c2=O)c1=O. The van der Waals surface area contributed by atoms with Crippen LogP contribution in [-0.2, 0) is 41.6 Å². The molecule has 0 aromatic carbocycles. The number of hydrogen-bond acceptors (Lipinski definition) is 11. The molecule has 28 heavy (non-hydrogen) atoms. The van der Waals surface area contributed by atoms with Crippen LogP contribution in [0.3, 0.4) is 0 Å². The number of ether oxygens (including phenoxy) is 2. The molecule has 0 saturated heterocycles. The predicted octanol–water partition coefficient (Wildman–Crippen LogP) is -3.16. The van der Waals surface area contributed by atoms with Gasteiger partial charge in [0.1, 0.15) is 11.8 Å². The highest BCUT2D eigenvalue weighted by Crippen LogP contribution is 1.91. The van der Waals surface area contributed by atoms with Gasteiger partial charge in [0.15, 0.2) is 0 Å². The minimum atomic E-state index is -1.78. The Balaban J connectivity index is 2.06. The Morgan fingerprint density at radius 3 is 1.61 bits per heavy atom. The first-order valence-corrected chi connectivity index (χ1v) is 8.76. The fourth-order valence-electron chi connectivity index (χ4n) is 1.63. The van der Waals surface area contributed by atoms with Gasteiger partial charge in [-0.1, -0.05) is 0 Å². The van der Waals surface area contributed by atoms with Gasteiger partial charge in [0.25, 0.3) is 0 Å². The summed E-state index contributed by atoms with van der Waals surface area (Å²) in [6, 6.07) is 0. The summed E-state index contributed by atoms with van der Waals surface area (Å²) in [5, 5.41) is 14.0. The molecule has 150 valence electrons. The molecule has 0 saturated carbocycles. The van der Waals surface area contributed by atoms with Gasteiger partial charge < -0.3 is 9.47 Å². The van der Waals surface area contributed by atoms with Crippen LogP contribution in [0.1, 0.15) is 0 Å². The van der Waals surface area contributed by atoms with Gasteiger partial charge in [-0.15, -0.1) is 0 Å². The van der Waals surface area contributed by atoms with Gasteiger partial charge in [0.05, 0.1) is 25.0 Å². The fourth-order valence-corrected chi connectivity index (χ4v) is 2.59. The van der Waals surface area contributed by atoms with Gasteiger partial charge in [-0.05, 0) is 20.9 Å². The lowest BCUT2D eigenvalue weighted by Crippen LogP contribution is -2.28. The highest BCUT2D eigenvalue weighted by Gasteiger charge is 2.13. The van der Waals surface area contributed by atoms with Crippen LogP contribution in [-0.4, -0.2) is 69.9 Å². The van der Waals surface area contributed by atoms with Crippen molar-refractivity contribution in [1.82, 2.24) is 39.6 Å². The summed E-state index contributed by atoms with van der Waals surface area (Å²) in [5.41, 5.74) is -1.52. The lowest BCUT2D eigenvalue weighted by Gasteiger charge is -1.99. The Morgan fingerprint density at radius 1 is 0.857 bits per heavy atom. The first kappa shape index (κ1) is 20.6. The maximum Gasteiger partial charge on any atom is 0.368 e. The van der Waals surface area contributed by atoms with Gasteiger partial charge >= 0.3 is 23.3 Å². The van der Waals surface area contributed by atoms with E-state index in [-0.39, 0.29) is 11.8 Å². The molecule has 0 bridgehead atoms. The van der Waals surface area contributed by atoms with Crippen LogP contribution < -0.4 is 11.4 Å². The van der Waals surface area contributed by atoms with Crippen LogP contribution in [0, 0.1) is 0 Å². The second-order valence-electron chi connectivity index (χ2n) is 4.79. The number of nitrogens with zero attached hydrogens (tertiary/aromatic N) is 8. The number of tetrazole rings is 2. The van der Waals surface area contributed by atoms with Crippen molar-refractivity contribution in [2.24, 2.45) is 0 Å². The molecule has 0 spiro atoms. The molecule has 0 N–H and O–H groups in total. The molecule has 2 aromatic rings. The number of methoxy groups -OCH3 is 2. The summed E-state index contributed by atoms with van der Waals surface area (Å²) in [5.74, 6) is -2.17. The van der Waals surface area contributed by atoms with Crippen LogP contribution in [0.5, 0.6) is 0 Å². The normalized spacial score (nSPS) is 11.5. The van der Waals surface area contributed by atoms with Crippen LogP contribution in [0.25, 0.3) is 12.4 Å². The molecule has 0 atom stereocenters. The quantitative estimate of drug-likeness (QED) is 0.315. The van der Waals surface area contributed by atoms with Crippen LogP contribution in [0.4, 0.5) is 0 Å². The maximum absolute atomic E-state index is 12.2. The number of hydrogen-bond donors (Lipinski definition) is 0. The Labute approximate surface area is 157 Å². The molecule has 16 heteroatoms. The van der Waals surface area contributed by atoms with Gasteiger partial charge in [-0.3, -0.25) is 4.21 Å². The molecule has 0 amide bonds. The summed E-state index contributed by atoms with van der Waals surface area (Å²) in [4.78, 5) is 46.1. The first-order valence-electron chi connectivity index (χ1n) is 7.27. The summed E-state index contributed by atoms with van der Waals surface area (Å²) in [6.07, 6.45) is 3.98. The third-order valence-electron chi connectivity index (χ3n) is 2.96. The van der Waals surface area contributed by atoms with E-state index in [1.54, 1.807) is 0 Å². The molecule has 2 heterocycles. The van der Waals surface area contributed by atoms with Crippen molar-refractivity contribution in [3.8, 4) is 0 Å². The Kier molecular flexibility index (Phi) is 6.85. The number of carbonyl (C=O) groups excluding carboxylic acids is 2. The van der Waals surface area contributed by atoms with Crippen molar-refractivity contribution in [3.05, 3.63) is 33.1 Å². The minimum absolute atomic E-state index is 0.387. The number of aromatic nitrogens is 8. The zero-order valence-corrected chi connectivity index (χ0v) is 15.4. The van der Waals surface area contributed by atoms with E-state index in [2.05, 4.69) is 30.3 Å². The van der Waals surface area contributed by atoms with E-state index in [1.807, 2.05) is 0 Å². The van der Waals surface area contributed by atoms with Crippen molar-refractivity contribution in [2.45, 2.75) is 11.8 Å². The Bertz CT molecular complexity index is 976. The van der Waals surface area contributed by atoms with Crippen LogP contribution in [0.15, 0.2) is 21.7 Å². The molecule has 0 aliphatic rings. The van der Waals surface area contributed by atoms with Gasteiger partial charge in [-0.25, -0.2) is 19.2 Å². The topological polar surface area (TPSA) is 175 Å². The number of esters is 2. The molecule has 2 aromatic heterocycles. The average molecular weight is 414 g/mol. The Hall–Kier alpha value is -3.69. The monoisotopic (exact) mass is 414 g/mol. The smallest absolute Gasteiger partial charge is 0.368 e. The van der Waals surface area contributed by atoms with Crippen molar-refractivity contribution < 1.29 is 23.3 Å². The minimum Gasteiger partial charge on any atom is -0.466 e. The lowest BCUT2D eigenvalue weighted by atomic mass is 10.6. The van der Waals surface area contributed by atoms with Crippen molar-refractivity contribution >= 4 is 35.1 Å². The molecule has 0 radical (unpaired) electrons. The molecule has 0 unspecified atom stereocenters. The maximum atomic E-state index is 12.2. The van der Waals surface area contributed by atoms with Crippen molar-refractivity contribution in [1.29, 1.82) is 0 Å². The lowest BCUT2D eigenvalue weighted by molar-refractivity contribution is -0.135.